The molecule has 0 radical (unpaired) electrons. The Balaban J connectivity index is 2.59. The molecule has 0 aliphatic carbocycles. The molecular formula is C16H27NO. The van der Waals surface area contributed by atoms with E-state index in [0.717, 1.165) is 13.0 Å². The van der Waals surface area contributed by atoms with Crippen molar-refractivity contribution in [1.82, 2.24) is 5.32 Å². The summed E-state index contributed by atoms with van der Waals surface area (Å²) in [7, 11) is 0. The van der Waals surface area contributed by atoms with E-state index in [-0.39, 0.29) is 12.0 Å². The van der Waals surface area contributed by atoms with Gasteiger partial charge in [0.15, 0.2) is 0 Å². The van der Waals surface area contributed by atoms with Crippen molar-refractivity contribution < 1.29 is 5.11 Å². The normalized spacial score (nSPS) is 15.4. The lowest BCUT2D eigenvalue weighted by Gasteiger charge is -2.30. The molecule has 1 aromatic rings. The first kappa shape index (κ1) is 15.2. The van der Waals surface area contributed by atoms with Crippen molar-refractivity contribution in [3.63, 3.8) is 0 Å². The highest BCUT2D eigenvalue weighted by Crippen LogP contribution is 2.22. The van der Waals surface area contributed by atoms with Gasteiger partial charge in [-0.25, -0.2) is 0 Å². The Morgan fingerprint density at radius 1 is 1.17 bits per heavy atom. The Morgan fingerprint density at radius 3 is 2.28 bits per heavy atom. The van der Waals surface area contributed by atoms with Gasteiger partial charge >= 0.3 is 0 Å². The molecule has 0 bridgehead atoms. The minimum atomic E-state index is 0.241. The van der Waals surface area contributed by atoms with E-state index in [1.807, 2.05) is 6.07 Å². The van der Waals surface area contributed by atoms with Gasteiger partial charge in [0.05, 0.1) is 0 Å². The van der Waals surface area contributed by atoms with E-state index in [1.165, 1.54) is 5.56 Å². The molecule has 1 rings (SSSR count). The molecule has 18 heavy (non-hydrogen) atoms. The molecule has 0 heterocycles. The van der Waals surface area contributed by atoms with Crippen LogP contribution >= 0.6 is 0 Å². The maximum atomic E-state index is 9.20. The molecule has 0 spiro atoms. The van der Waals surface area contributed by atoms with E-state index < -0.39 is 0 Å². The number of nitrogens with one attached hydrogen (secondary N) is 1. The van der Waals surface area contributed by atoms with Crippen molar-refractivity contribution in [3.05, 3.63) is 35.9 Å². The van der Waals surface area contributed by atoms with E-state index in [9.17, 15) is 5.11 Å². The summed E-state index contributed by atoms with van der Waals surface area (Å²) in [5.41, 5.74) is 1.57. The molecule has 0 fully saturated rings. The maximum Gasteiger partial charge on any atom is 0.0437 e. The quantitative estimate of drug-likeness (QED) is 0.811. The Labute approximate surface area is 111 Å². The second-order valence-electron chi connectivity index (χ2n) is 6.12. The highest BCUT2D eigenvalue weighted by molar-refractivity contribution is 5.19. The molecule has 2 N–H and O–H groups in total. The van der Waals surface area contributed by atoms with Crippen LogP contribution in [0.15, 0.2) is 30.3 Å². The van der Waals surface area contributed by atoms with Gasteiger partial charge in [0, 0.05) is 19.2 Å². The summed E-state index contributed by atoms with van der Waals surface area (Å²) in [5, 5.41) is 12.8. The first-order chi connectivity index (χ1) is 8.45. The Hall–Kier alpha value is -0.860. The van der Waals surface area contributed by atoms with Gasteiger partial charge in [-0.1, -0.05) is 51.1 Å². The van der Waals surface area contributed by atoms with Gasteiger partial charge in [-0.15, -0.1) is 0 Å². The van der Waals surface area contributed by atoms with Crippen LogP contribution in [0, 0.1) is 5.41 Å². The molecule has 0 saturated carbocycles. The maximum absolute atomic E-state index is 9.20. The van der Waals surface area contributed by atoms with Gasteiger partial charge in [-0.2, -0.15) is 0 Å². The predicted octanol–water partition coefficient (Wildman–Crippen LogP) is 3.18. The number of aliphatic hydroxyl groups excluding tert-OH is 1. The van der Waals surface area contributed by atoms with E-state index in [1.54, 1.807) is 0 Å². The third-order valence-corrected chi connectivity index (χ3v) is 3.72. The number of aliphatic hydroxyl groups is 1. The molecule has 0 saturated heterocycles. The smallest absolute Gasteiger partial charge is 0.0437 e. The van der Waals surface area contributed by atoms with Crippen LogP contribution in [0.3, 0.4) is 0 Å². The van der Waals surface area contributed by atoms with Crippen molar-refractivity contribution in [2.24, 2.45) is 5.41 Å². The summed E-state index contributed by atoms with van der Waals surface area (Å²) < 4.78 is 0. The molecule has 2 unspecified atom stereocenters. The summed E-state index contributed by atoms with van der Waals surface area (Å²) in [6.45, 7) is 10.1. The molecular weight excluding hydrogens is 222 g/mol. The summed E-state index contributed by atoms with van der Waals surface area (Å²) in [5.74, 6) is 0.390. The number of benzene rings is 1. The molecule has 0 aromatic heterocycles. The number of hydrogen-bond acceptors (Lipinski definition) is 2. The van der Waals surface area contributed by atoms with Crippen LogP contribution in [-0.2, 0) is 0 Å². The third-order valence-electron chi connectivity index (χ3n) is 3.72. The van der Waals surface area contributed by atoms with Gasteiger partial charge < -0.3 is 10.4 Å². The van der Waals surface area contributed by atoms with Gasteiger partial charge in [0.25, 0.3) is 0 Å². The lowest BCUT2D eigenvalue weighted by Crippen LogP contribution is -2.39. The van der Waals surface area contributed by atoms with Crippen LogP contribution in [0.1, 0.15) is 45.6 Å². The second kappa shape index (κ2) is 6.91. The van der Waals surface area contributed by atoms with Crippen LogP contribution in [0.25, 0.3) is 0 Å². The van der Waals surface area contributed by atoms with Crippen molar-refractivity contribution in [1.29, 1.82) is 0 Å². The molecule has 102 valence electrons. The standard InChI is InChI=1S/C16H27NO/c1-13(16(2,3)4)17-12-15(10-11-18)14-8-6-5-7-9-14/h5-9,13,15,17-18H,10-12H2,1-4H3. The number of rotatable bonds is 6. The zero-order valence-electron chi connectivity index (χ0n) is 12.1. The van der Waals surface area contributed by atoms with Crippen molar-refractivity contribution in [3.8, 4) is 0 Å². The molecule has 0 amide bonds. The minimum absolute atomic E-state index is 0.241. The lowest BCUT2D eigenvalue weighted by atomic mass is 9.87. The van der Waals surface area contributed by atoms with Crippen molar-refractivity contribution in [2.75, 3.05) is 13.2 Å². The average Bonchev–Trinajstić information content (AvgIpc) is 2.34. The first-order valence-corrected chi connectivity index (χ1v) is 6.84. The lowest BCUT2D eigenvalue weighted by molar-refractivity contribution is 0.255. The molecule has 2 heteroatoms. The van der Waals surface area contributed by atoms with Crippen LogP contribution < -0.4 is 5.32 Å². The van der Waals surface area contributed by atoms with Crippen LogP contribution in [0.2, 0.25) is 0 Å². The zero-order chi connectivity index (χ0) is 13.6. The first-order valence-electron chi connectivity index (χ1n) is 6.84. The monoisotopic (exact) mass is 249 g/mol. The van der Waals surface area contributed by atoms with Crippen LogP contribution in [-0.4, -0.2) is 24.3 Å². The minimum Gasteiger partial charge on any atom is -0.396 e. The van der Waals surface area contributed by atoms with E-state index >= 15 is 0 Å². The van der Waals surface area contributed by atoms with Gasteiger partial charge in [-0.3, -0.25) is 0 Å². The Kier molecular flexibility index (Phi) is 5.83. The molecule has 1 aromatic carbocycles. The summed E-state index contributed by atoms with van der Waals surface area (Å²) in [4.78, 5) is 0. The van der Waals surface area contributed by atoms with E-state index in [4.69, 9.17) is 0 Å². The van der Waals surface area contributed by atoms with Gasteiger partial charge in [0.2, 0.25) is 0 Å². The van der Waals surface area contributed by atoms with Crippen LogP contribution in [0.4, 0.5) is 0 Å². The van der Waals surface area contributed by atoms with Gasteiger partial charge in [-0.05, 0) is 30.2 Å². The molecule has 2 atom stereocenters. The van der Waals surface area contributed by atoms with Crippen LogP contribution in [0.5, 0.6) is 0 Å². The van der Waals surface area contributed by atoms with Crippen molar-refractivity contribution in [2.45, 2.75) is 46.1 Å². The van der Waals surface area contributed by atoms with Crippen molar-refractivity contribution >= 4 is 0 Å². The fourth-order valence-corrected chi connectivity index (χ4v) is 1.89. The molecule has 0 aliphatic rings. The van der Waals surface area contributed by atoms with Gasteiger partial charge in [0.1, 0.15) is 0 Å². The average molecular weight is 249 g/mol. The largest absolute Gasteiger partial charge is 0.396 e. The fourth-order valence-electron chi connectivity index (χ4n) is 1.89. The summed E-state index contributed by atoms with van der Waals surface area (Å²) in [6, 6.07) is 10.9. The molecule has 0 aliphatic heterocycles. The highest BCUT2D eigenvalue weighted by atomic mass is 16.3. The summed E-state index contributed by atoms with van der Waals surface area (Å²) >= 11 is 0. The van der Waals surface area contributed by atoms with E-state index in [0.29, 0.717) is 12.0 Å². The zero-order valence-corrected chi connectivity index (χ0v) is 12.1. The predicted molar refractivity (Wildman–Crippen MR) is 77.8 cm³/mol. The Morgan fingerprint density at radius 2 is 1.78 bits per heavy atom. The summed E-state index contributed by atoms with van der Waals surface area (Å²) in [6.07, 6.45) is 0.813. The topological polar surface area (TPSA) is 32.3 Å². The number of hydrogen-bond donors (Lipinski definition) is 2. The molecule has 2 nitrogen and oxygen atoms in total. The SMILES string of the molecule is CC(NCC(CCO)c1ccccc1)C(C)(C)C. The third kappa shape index (κ3) is 4.79. The second-order valence-corrected chi connectivity index (χ2v) is 6.12. The Bertz CT molecular complexity index is 329. The van der Waals surface area contributed by atoms with E-state index in [2.05, 4.69) is 57.3 Å². The highest BCUT2D eigenvalue weighted by Gasteiger charge is 2.21. The fraction of sp³-hybridized carbons (Fsp3) is 0.625.